The van der Waals surface area contributed by atoms with E-state index in [1.165, 1.54) is 11.3 Å². The number of nitrogens with zero attached hydrogens (tertiary/aromatic N) is 2. The highest BCUT2D eigenvalue weighted by Gasteiger charge is 2.33. The second kappa shape index (κ2) is 5.28. The molecular weight excluding hydrogens is 275 g/mol. The summed E-state index contributed by atoms with van der Waals surface area (Å²) in [4.78, 5) is 3.46. The molecule has 1 N–H and O–H groups in total. The molecule has 0 bridgehead atoms. The van der Waals surface area contributed by atoms with Crippen molar-refractivity contribution in [3.05, 3.63) is 45.8 Å². The van der Waals surface area contributed by atoms with Crippen molar-refractivity contribution in [1.82, 2.24) is 4.98 Å². The van der Waals surface area contributed by atoms with Gasteiger partial charge in [-0.3, -0.25) is 0 Å². The number of halogens is 3. The fourth-order valence-corrected chi connectivity index (χ4v) is 2.09. The van der Waals surface area contributed by atoms with Crippen LogP contribution in [0.3, 0.4) is 0 Å². The molecule has 2 aromatic rings. The lowest BCUT2D eigenvalue weighted by molar-refractivity contribution is -0.141. The number of alkyl halides is 3. The minimum Gasteiger partial charge on any atom is -0.365 e. The average molecular weight is 283 g/mol. The maximum Gasteiger partial charge on any atom is 0.433 e. The number of anilines is 1. The monoisotopic (exact) mass is 283 g/mol. The van der Waals surface area contributed by atoms with Gasteiger partial charge in [0, 0.05) is 6.54 Å². The summed E-state index contributed by atoms with van der Waals surface area (Å²) < 4.78 is 37.6. The maximum absolute atomic E-state index is 12.5. The molecule has 7 heteroatoms. The highest BCUT2D eigenvalue weighted by atomic mass is 32.1. The van der Waals surface area contributed by atoms with E-state index < -0.39 is 11.9 Å². The molecule has 0 saturated heterocycles. The van der Waals surface area contributed by atoms with Crippen LogP contribution in [0.5, 0.6) is 0 Å². The fraction of sp³-hybridized carbons (Fsp3) is 0.167. The van der Waals surface area contributed by atoms with Crippen LogP contribution < -0.4 is 5.32 Å². The zero-order valence-corrected chi connectivity index (χ0v) is 10.3. The van der Waals surface area contributed by atoms with Crippen molar-refractivity contribution in [1.29, 1.82) is 5.26 Å². The number of aromatic nitrogens is 1. The molecule has 0 aliphatic rings. The molecule has 98 valence electrons. The van der Waals surface area contributed by atoms with E-state index in [1.807, 2.05) is 22.9 Å². The molecule has 2 rings (SSSR count). The lowest BCUT2D eigenvalue weighted by Crippen LogP contribution is -2.11. The summed E-state index contributed by atoms with van der Waals surface area (Å²) in [5, 5.41) is 15.3. The Bertz CT molecular complexity index is 600. The largest absolute Gasteiger partial charge is 0.433 e. The Morgan fingerprint density at radius 1 is 1.32 bits per heavy atom. The van der Waals surface area contributed by atoms with Gasteiger partial charge in [-0.1, -0.05) is 0 Å². The Balaban J connectivity index is 2.24. The molecule has 0 spiro atoms. The lowest BCUT2D eigenvalue weighted by atomic mass is 10.2. The summed E-state index contributed by atoms with van der Waals surface area (Å²) in [6, 6.07) is 5.58. The summed E-state index contributed by atoms with van der Waals surface area (Å²) in [5.74, 6) is -0.0523. The van der Waals surface area contributed by atoms with Gasteiger partial charge in [-0.2, -0.15) is 29.8 Å². The van der Waals surface area contributed by atoms with Gasteiger partial charge in [-0.05, 0) is 34.5 Å². The Hall–Kier alpha value is -2.07. The molecule has 0 aliphatic carbocycles. The molecular formula is C12H8F3N3S. The lowest BCUT2D eigenvalue weighted by Gasteiger charge is -2.10. The zero-order valence-electron chi connectivity index (χ0n) is 9.53. The summed E-state index contributed by atoms with van der Waals surface area (Å²) in [5.41, 5.74) is -0.00403. The third-order valence-electron chi connectivity index (χ3n) is 2.35. The van der Waals surface area contributed by atoms with Gasteiger partial charge in [0.25, 0.3) is 0 Å². The van der Waals surface area contributed by atoms with Crippen molar-refractivity contribution in [3.63, 3.8) is 0 Å². The number of hydrogen-bond donors (Lipinski definition) is 1. The molecule has 2 aromatic heterocycles. The van der Waals surface area contributed by atoms with Gasteiger partial charge in [0.1, 0.15) is 17.6 Å². The van der Waals surface area contributed by atoms with Gasteiger partial charge in [0.15, 0.2) is 0 Å². The van der Waals surface area contributed by atoms with E-state index in [9.17, 15) is 13.2 Å². The Labute approximate surface area is 111 Å². The molecule has 0 radical (unpaired) electrons. The summed E-state index contributed by atoms with van der Waals surface area (Å²) in [6.07, 6.45) is -4.52. The molecule has 0 atom stereocenters. The Kier molecular flexibility index (Phi) is 3.71. The Morgan fingerprint density at radius 2 is 2.11 bits per heavy atom. The van der Waals surface area contributed by atoms with Crippen molar-refractivity contribution in [2.24, 2.45) is 0 Å². The van der Waals surface area contributed by atoms with Gasteiger partial charge in [0.2, 0.25) is 0 Å². The van der Waals surface area contributed by atoms with E-state index in [-0.39, 0.29) is 11.4 Å². The number of hydrogen-bond acceptors (Lipinski definition) is 4. The van der Waals surface area contributed by atoms with Crippen molar-refractivity contribution in [2.45, 2.75) is 12.7 Å². The highest BCUT2D eigenvalue weighted by molar-refractivity contribution is 7.07. The molecule has 0 unspecified atom stereocenters. The first-order valence-electron chi connectivity index (χ1n) is 5.24. The minimum absolute atomic E-state index is 0.0523. The molecule has 19 heavy (non-hydrogen) atoms. The van der Waals surface area contributed by atoms with Gasteiger partial charge >= 0.3 is 6.18 Å². The van der Waals surface area contributed by atoms with E-state index in [0.717, 1.165) is 17.7 Å². The second-order valence-electron chi connectivity index (χ2n) is 3.69. The van der Waals surface area contributed by atoms with Crippen LogP contribution in [-0.2, 0) is 12.7 Å². The van der Waals surface area contributed by atoms with Gasteiger partial charge in [-0.15, -0.1) is 0 Å². The predicted molar refractivity (Wildman–Crippen MR) is 65.6 cm³/mol. The number of nitrogens with one attached hydrogen (secondary N) is 1. The average Bonchev–Trinajstić information content (AvgIpc) is 2.88. The van der Waals surface area contributed by atoms with E-state index in [4.69, 9.17) is 5.26 Å². The first-order valence-corrected chi connectivity index (χ1v) is 6.18. The van der Waals surface area contributed by atoms with Crippen LogP contribution in [0.25, 0.3) is 0 Å². The van der Waals surface area contributed by atoms with Gasteiger partial charge < -0.3 is 5.32 Å². The van der Waals surface area contributed by atoms with E-state index in [0.29, 0.717) is 6.54 Å². The molecule has 3 nitrogen and oxygen atoms in total. The topological polar surface area (TPSA) is 48.7 Å². The van der Waals surface area contributed by atoms with Crippen molar-refractivity contribution >= 4 is 17.2 Å². The van der Waals surface area contributed by atoms with Crippen LogP contribution >= 0.6 is 11.3 Å². The molecule has 0 aliphatic heterocycles. The zero-order chi connectivity index (χ0) is 13.9. The summed E-state index contributed by atoms with van der Waals surface area (Å²) in [7, 11) is 0. The van der Waals surface area contributed by atoms with Gasteiger partial charge in [-0.25, -0.2) is 4.98 Å². The van der Waals surface area contributed by atoms with Crippen LogP contribution in [0.2, 0.25) is 0 Å². The van der Waals surface area contributed by atoms with Crippen LogP contribution in [0.15, 0.2) is 29.0 Å². The normalized spacial score (nSPS) is 11.1. The maximum atomic E-state index is 12.5. The number of nitriles is 1. The van der Waals surface area contributed by atoms with E-state index >= 15 is 0 Å². The third kappa shape index (κ3) is 3.23. The molecule has 0 aromatic carbocycles. The smallest absolute Gasteiger partial charge is 0.365 e. The van der Waals surface area contributed by atoms with Crippen LogP contribution in [0, 0.1) is 11.3 Å². The number of rotatable bonds is 3. The van der Waals surface area contributed by atoms with Crippen LogP contribution in [0.1, 0.15) is 16.8 Å². The minimum atomic E-state index is -4.52. The quantitative estimate of drug-likeness (QED) is 0.935. The van der Waals surface area contributed by atoms with Crippen molar-refractivity contribution in [3.8, 4) is 6.07 Å². The first-order chi connectivity index (χ1) is 9.00. The van der Waals surface area contributed by atoms with Crippen LogP contribution in [0.4, 0.5) is 19.0 Å². The van der Waals surface area contributed by atoms with Crippen LogP contribution in [-0.4, -0.2) is 4.98 Å². The Morgan fingerprint density at radius 3 is 2.68 bits per heavy atom. The van der Waals surface area contributed by atoms with Crippen molar-refractivity contribution in [2.75, 3.05) is 5.32 Å². The number of pyridine rings is 1. The van der Waals surface area contributed by atoms with E-state index in [2.05, 4.69) is 10.3 Å². The molecule has 0 fully saturated rings. The molecule has 0 amide bonds. The molecule has 0 saturated carbocycles. The number of thiophene rings is 1. The van der Waals surface area contributed by atoms with Crippen molar-refractivity contribution < 1.29 is 13.2 Å². The third-order valence-corrected chi connectivity index (χ3v) is 3.08. The summed E-state index contributed by atoms with van der Waals surface area (Å²) in [6.45, 7) is 0.326. The molecule has 2 heterocycles. The highest BCUT2D eigenvalue weighted by Crippen LogP contribution is 2.29. The fourth-order valence-electron chi connectivity index (χ4n) is 1.42. The summed E-state index contributed by atoms with van der Waals surface area (Å²) >= 11 is 1.49. The SMILES string of the molecule is N#Cc1ccc(C(F)(F)F)nc1NCc1ccsc1. The van der Waals surface area contributed by atoms with E-state index in [1.54, 1.807) is 0 Å². The first kappa shape index (κ1) is 13.4. The predicted octanol–water partition coefficient (Wildman–Crippen LogP) is 3.65. The standard InChI is InChI=1S/C12H8F3N3S/c13-12(14,15)10-2-1-9(5-16)11(18-10)17-6-8-3-4-19-7-8/h1-4,7H,6H2,(H,17,18). The van der Waals surface area contributed by atoms with Gasteiger partial charge in [0.05, 0.1) is 5.56 Å². The second-order valence-corrected chi connectivity index (χ2v) is 4.47.